The predicted molar refractivity (Wildman–Crippen MR) is 29.6 cm³/mol. The van der Waals surface area contributed by atoms with Crippen LogP contribution in [-0.2, 0) is 7.81 Å². The predicted octanol–water partition coefficient (Wildman–Crippen LogP) is -0.145. The van der Waals surface area contributed by atoms with E-state index in [0.29, 0.717) is 0 Å². The van der Waals surface area contributed by atoms with Crippen molar-refractivity contribution in [1.29, 1.82) is 0 Å². The molecule has 0 N–H and O–H groups in total. The van der Waals surface area contributed by atoms with Crippen LogP contribution in [0.25, 0.3) is 0 Å². The van der Waals surface area contributed by atoms with Crippen LogP contribution in [0.2, 0.25) is 0 Å². The van der Waals surface area contributed by atoms with E-state index >= 15 is 0 Å². The summed E-state index contributed by atoms with van der Waals surface area (Å²) in [6.07, 6.45) is 1.03. The van der Waals surface area contributed by atoms with Crippen LogP contribution in [0, 0.1) is 0 Å². The van der Waals surface area contributed by atoms with Gasteiger partial charge < -0.3 is 0 Å². The Hall–Kier alpha value is 0.719. The van der Waals surface area contributed by atoms with E-state index in [0.717, 1.165) is 42.6 Å². The van der Waals surface area contributed by atoms with Crippen LogP contribution in [0.15, 0.2) is 0 Å². The van der Waals surface area contributed by atoms with E-state index in [1.807, 2.05) is 0 Å². The first-order chi connectivity index (χ1) is 3.41. The molecule has 0 aromatic carbocycles. The van der Waals surface area contributed by atoms with Gasteiger partial charge in [0.25, 0.3) is 0 Å². The maximum absolute atomic E-state index is 4.89. The zero-order chi connectivity index (χ0) is 5.54. The third kappa shape index (κ3) is 6.72. The number of methoxy groups -OCH3 is 1. The summed E-state index contributed by atoms with van der Waals surface area (Å²) in [6.45, 7) is 1.68. The molecule has 0 aliphatic rings. The Labute approximate surface area is 57.8 Å². The normalized spacial score (nSPS) is 9.43. The second-order valence-corrected chi connectivity index (χ2v) is 2.17. The molecule has 0 heterocycles. The molecule has 0 fully saturated rings. The fourth-order valence-corrected chi connectivity index (χ4v) is 0.762. The van der Waals surface area contributed by atoms with E-state index in [4.69, 9.17) is 7.81 Å². The van der Waals surface area contributed by atoms with Crippen molar-refractivity contribution in [2.75, 3.05) is 20.3 Å². The molecular formula is C4H10O2Sn. The SMILES string of the molecule is COCCC[O][SnH]. The molecular weight excluding hydrogens is 199 g/mol. The Bertz CT molecular complexity index is 28.9. The summed E-state index contributed by atoms with van der Waals surface area (Å²) >= 11 is 0.904. The number of hydrogen-bond acceptors (Lipinski definition) is 2. The molecule has 0 atom stereocenters. The van der Waals surface area contributed by atoms with Crippen LogP contribution in [0.3, 0.4) is 0 Å². The van der Waals surface area contributed by atoms with Gasteiger partial charge in [-0.25, -0.2) is 0 Å². The van der Waals surface area contributed by atoms with E-state index in [9.17, 15) is 0 Å². The fraction of sp³-hybridized carbons (Fsp3) is 1.00. The molecule has 0 saturated heterocycles. The first-order valence-corrected chi connectivity index (χ1v) is 3.57. The molecule has 0 rings (SSSR count). The number of hydrogen-bond donors (Lipinski definition) is 0. The quantitative estimate of drug-likeness (QED) is 0.473. The average molecular weight is 209 g/mol. The molecule has 0 bridgehead atoms. The van der Waals surface area contributed by atoms with Gasteiger partial charge >= 0.3 is 57.5 Å². The first-order valence-electron chi connectivity index (χ1n) is 2.22. The van der Waals surface area contributed by atoms with Crippen LogP contribution in [0.1, 0.15) is 6.42 Å². The summed E-state index contributed by atoms with van der Waals surface area (Å²) in [5, 5.41) is 0. The van der Waals surface area contributed by atoms with Crippen LogP contribution >= 0.6 is 0 Å². The Balaban J connectivity index is 2.45. The van der Waals surface area contributed by atoms with Crippen LogP contribution < -0.4 is 0 Å². The Morgan fingerprint density at radius 1 is 1.43 bits per heavy atom. The van der Waals surface area contributed by atoms with Crippen LogP contribution in [0.4, 0.5) is 0 Å². The molecule has 0 aromatic heterocycles. The van der Waals surface area contributed by atoms with Crippen molar-refractivity contribution >= 4 is 22.9 Å². The van der Waals surface area contributed by atoms with Crippen molar-refractivity contribution in [3.63, 3.8) is 0 Å². The third-order valence-electron chi connectivity index (χ3n) is 0.611. The van der Waals surface area contributed by atoms with Crippen LogP contribution in [0.5, 0.6) is 0 Å². The van der Waals surface area contributed by atoms with Gasteiger partial charge in [-0.3, -0.25) is 0 Å². The second kappa shape index (κ2) is 6.72. The minimum atomic E-state index is 0.820. The second-order valence-electron chi connectivity index (χ2n) is 1.22. The molecule has 0 amide bonds. The van der Waals surface area contributed by atoms with Crippen LogP contribution in [-0.4, -0.2) is 43.3 Å². The number of rotatable bonds is 4. The molecule has 0 aliphatic heterocycles. The summed E-state index contributed by atoms with van der Waals surface area (Å²) in [5.41, 5.74) is 0. The standard InChI is InChI=1S/C4H9O2.Sn.H/c1-6-4-2-3-5;;/h2-4H2,1H3;;/q-1;+1;. The molecule has 0 aliphatic carbocycles. The van der Waals surface area contributed by atoms with E-state index in [1.165, 1.54) is 0 Å². The average Bonchev–Trinajstić information content (AvgIpc) is 1.69. The Morgan fingerprint density at radius 3 is 2.57 bits per heavy atom. The zero-order valence-electron chi connectivity index (χ0n) is 4.52. The minimum absolute atomic E-state index is 0.820. The van der Waals surface area contributed by atoms with Gasteiger partial charge in [0, 0.05) is 0 Å². The van der Waals surface area contributed by atoms with E-state index in [1.54, 1.807) is 7.11 Å². The first kappa shape index (κ1) is 7.72. The molecule has 2 nitrogen and oxygen atoms in total. The fourth-order valence-electron chi connectivity index (χ4n) is 0.287. The molecule has 3 heteroatoms. The zero-order valence-corrected chi connectivity index (χ0v) is 7.81. The molecule has 42 valence electrons. The molecule has 0 saturated carbocycles. The summed E-state index contributed by atoms with van der Waals surface area (Å²) in [6, 6.07) is 0. The van der Waals surface area contributed by atoms with Crippen molar-refractivity contribution in [1.82, 2.24) is 0 Å². The maximum atomic E-state index is 4.89. The molecule has 2 radical (unpaired) electrons. The molecule has 0 aromatic rings. The van der Waals surface area contributed by atoms with Gasteiger partial charge in [-0.2, -0.15) is 0 Å². The van der Waals surface area contributed by atoms with Crippen molar-refractivity contribution in [3.8, 4) is 0 Å². The topological polar surface area (TPSA) is 18.5 Å². The summed E-state index contributed by atoms with van der Waals surface area (Å²) in [7, 11) is 1.70. The van der Waals surface area contributed by atoms with Gasteiger partial charge in [-0.05, 0) is 0 Å². The van der Waals surface area contributed by atoms with Gasteiger partial charge in [0.05, 0.1) is 0 Å². The third-order valence-corrected chi connectivity index (χ3v) is 1.28. The van der Waals surface area contributed by atoms with E-state index < -0.39 is 0 Å². The number of ether oxygens (including phenoxy) is 1. The molecule has 0 unspecified atom stereocenters. The van der Waals surface area contributed by atoms with Crippen molar-refractivity contribution in [2.24, 2.45) is 0 Å². The van der Waals surface area contributed by atoms with Crippen molar-refractivity contribution in [2.45, 2.75) is 6.42 Å². The Kier molecular flexibility index (Phi) is 7.41. The van der Waals surface area contributed by atoms with Gasteiger partial charge in [0.1, 0.15) is 0 Å². The Morgan fingerprint density at radius 2 is 2.14 bits per heavy atom. The summed E-state index contributed by atoms with van der Waals surface area (Å²) < 4.78 is 9.67. The van der Waals surface area contributed by atoms with Gasteiger partial charge in [0.15, 0.2) is 0 Å². The molecule has 0 spiro atoms. The van der Waals surface area contributed by atoms with Gasteiger partial charge in [-0.1, -0.05) is 0 Å². The monoisotopic (exact) mass is 210 g/mol. The van der Waals surface area contributed by atoms with Crippen molar-refractivity contribution < 1.29 is 7.81 Å². The van der Waals surface area contributed by atoms with Crippen molar-refractivity contribution in [3.05, 3.63) is 0 Å². The van der Waals surface area contributed by atoms with Gasteiger partial charge in [0.2, 0.25) is 0 Å². The van der Waals surface area contributed by atoms with E-state index in [2.05, 4.69) is 0 Å². The summed E-state index contributed by atoms with van der Waals surface area (Å²) in [4.78, 5) is 0. The van der Waals surface area contributed by atoms with Gasteiger partial charge in [-0.15, -0.1) is 0 Å². The summed E-state index contributed by atoms with van der Waals surface area (Å²) in [5.74, 6) is 0. The molecule has 7 heavy (non-hydrogen) atoms. The van der Waals surface area contributed by atoms with E-state index in [-0.39, 0.29) is 0 Å².